The SMILES string of the molecule is Cc1cnn(-c2ccc(C(=O)NCC3(O)CCCCC3)cc2)c1. The summed E-state index contributed by atoms with van der Waals surface area (Å²) in [4.78, 5) is 12.2. The van der Waals surface area contributed by atoms with Crippen LogP contribution >= 0.6 is 0 Å². The molecule has 0 spiro atoms. The Hall–Kier alpha value is -2.14. The highest BCUT2D eigenvalue weighted by Gasteiger charge is 2.29. The largest absolute Gasteiger partial charge is 0.388 e. The van der Waals surface area contributed by atoms with Gasteiger partial charge in [-0.3, -0.25) is 4.79 Å². The Morgan fingerprint density at radius 3 is 2.57 bits per heavy atom. The molecule has 122 valence electrons. The topological polar surface area (TPSA) is 67.2 Å². The number of aromatic nitrogens is 2. The van der Waals surface area contributed by atoms with E-state index in [0.717, 1.165) is 36.9 Å². The van der Waals surface area contributed by atoms with E-state index in [0.29, 0.717) is 12.1 Å². The molecule has 1 amide bonds. The zero-order valence-corrected chi connectivity index (χ0v) is 13.5. The van der Waals surface area contributed by atoms with Crippen molar-refractivity contribution in [1.82, 2.24) is 15.1 Å². The van der Waals surface area contributed by atoms with Crippen molar-refractivity contribution in [3.63, 3.8) is 0 Å². The van der Waals surface area contributed by atoms with Gasteiger partial charge < -0.3 is 10.4 Å². The predicted octanol–water partition coefficient (Wildman–Crippen LogP) is 2.61. The van der Waals surface area contributed by atoms with Gasteiger partial charge in [0.1, 0.15) is 0 Å². The number of aryl methyl sites for hydroxylation is 1. The quantitative estimate of drug-likeness (QED) is 0.912. The average molecular weight is 313 g/mol. The zero-order chi connectivity index (χ0) is 16.3. The normalized spacial score (nSPS) is 17.0. The molecule has 1 saturated carbocycles. The monoisotopic (exact) mass is 313 g/mol. The lowest BCUT2D eigenvalue weighted by Crippen LogP contribution is -2.44. The summed E-state index contributed by atoms with van der Waals surface area (Å²) in [7, 11) is 0. The third-order valence-electron chi connectivity index (χ3n) is 4.47. The van der Waals surface area contributed by atoms with E-state index in [2.05, 4.69) is 10.4 Å². The Morgan fingerprint density at radius 1 is 1.26 bits per heavy atom. The van der Waals surface area contributed by atoms with E-state index < -0.39 is 5.60 Å². The van der Waals surface area contributed by atoms with E-state index in [1.165, 1.54) is 6.42 Å². The van der Waals surface area contributed by atoms with Gasteiger partial charge in [0, 0.05) is 18.3 Å². The Morgan fingerprint density at radius 2 is 1.96 bits per heavy atom. The number of hydrogen-bond acceptors (Lipinski definition) is 3. The van der Waals surface area contributed by atoms with Crippen LogP contribution in [0, 0.1) is 6.92 Å². The molecule has 1 aromatic carbocycles. The third-order valence-corrected chi connectivity index (χ3v) is 4.47. The van der Waals surface area contributed by atoms with E-state index in [1.54, 1.807) is 23.0 Å². The minimum atomic E-state index is -0.736. The van der Waals surface area contributed by atoms with Crippen molar-refractivity contribution in [2.75, 3.05) is 6.54 Å². The molecular weight excluding hydrogens is 290 g/mol. The van der Waals surface area contributed by atoms with Crippen LogP contribution in [0.5, 0.6) is 0 Å². The first-order valence-corrected chi connectivity index (χ1v) is 8.18. The smallest absolute Gasteiger partial charge is 0.251 e. The molecule has 0 unspecified atom stereocenters. The fraction of sp³-hybridized carbons (Fsp3) is 0.444. The van der Waals surface area contributed by atoms with Crippen molar-refractivity contribution in [3.05, 3.63) is 47.8 Å². The van der Waals surface area contributed by atoms with Crippen LogP contribution in [0.25, 0.3) is 5.69 Å². The summed E-state index contributed by atoms with van der Waals surface area (Å²) >= 11 is 0. The first-order valence-electron chi connectivity index (χ1n) is 8.18. The molecule has 5 heteroatoms. The summed E-state index contributed by atoms with van der Waals surface area (Å²) in [6.45, 7) is 2.31. The van der Waals surface area contributed by atoms with Crippen molar-refractivity contribution in [2.24, 2.45) is 0 Å². The number of carbonyl (C=O) groups is 1. The van der Waals surface area contributed by atoms with Gasteiger partial charge in [0.15, 0.2) is 0 Å². The lowest BCUT2D eigenvalue weighted by molar-refractivity contribution is 0.00526. The van der Waals surface area contributed by atoms with Crippen molar-refractivity contribution in [1.29, 1.82) is 0 Å². The minimum absolute atomic E-state index is 0.146. The van der Waals surface area contributed by atoms with Crippen molar-refractivity contribution in [2.45, 2.75) is 44.6 Å². The summed E-state index contributed by atoms with van der Waals surface area (Å²) in [5, 5.41) is 17.5. The summed E-state index contributed by atoms with van der Waals surface area (Å²) < 4.78 is 1.78. The van der Waals surface area contributed by atoms with Gasteiger partial charge in [-0.15, -0.1) is 0 Å². The van der Waals surface area contributed by atoms with E-state index >= 15 is 0 Å². The Balaban J connectivity index is 1.61. The number of nitrogens with zero attached hydrogens (tertiary/aromatic N) is 2. The van der Waals surface area contributed by atoms with Gasteiger partial charge in [-0.25, -0.2) is 4.68 Å². The Bertz CT molecular complexity index is 670. The first kappa shape index (κ1) is 15.7. The highest BCUT2D eigenvalue weighted by atomic mass is 16.3. The van der Waals surface area contributed by atoms with Crippen molar-refractivity contribution >= 4 is 5.91 Å². The maximum absolute atomic E-state index is 12.2. The number of carbonyl (C=O) groups excluding carboxylic acids is 1. The Kier molecular flexibility index (Phi) is 4.48. The van der Waals surface area contributed by atoms with E-state index in [1.807, 2.05) is 25.3 Å². The molecule has 0 saturated heterocycles. The highest BCUT2D eigenvalue weighted by Crippen LogP contribution is 2.27. The molecule has 1 aliphatic rings. The fourth-order valence-corrected chi connectivity index (χ4v) is 3.05. The molecule has 23 heavy (non-hydrogen) atoms. The van der Waals surface area contributed by atoms with Crippen molar-refractivity contribution in [3.8, 4) is 5.69 Å². The average Bonchev–Trinajstić information content (AvgIpc) is 3.00. The van der Waals surface area contributed by atoms with Gasteiger partial charge in [-0.1, -0.05) is 19.3 Å². The molecule has 1 aliphatic carbocycles. The number of amides is 1. The van der Waals surface area contributed by atoms with Crippen LogP contribution in [0.1, 0.15) is 48.0 Å². The molecule has 1 aromatic heterocycles. The standard InChI is InChI=1S/C18H23N3O2/c1-14-11-20-21(12-14)16-7-5-15(6-8-16)17(22)19-13-18(23)9-3-2-4-10-18/h5-8,11-12,23H,2-4,9-10,13H2,1H3,(H,19,22). The summed E-state index contributed by atoms with van der Waals surface area (Å²) in [5.41, 5.74) is 1.87. The predicted molar refractivity (Wildman–Crippen MR) is 88.7 cm³/mol. The van der Waals surface area contributed by atoms with Crippen molar-refractivity contribution < 1.29 is 9.90 Å². The maximum atomic E-state index is 12.2. The number of nitrogens with one attached hydrogen (secondary N) is 1. The summed E-state index contributed by atoms with van der Waals surface area (Å²) in [6.07, 6.45) is 8.51. The lowest BCUT2D eigenvalue weighted by Gasteiger charge is -2.32. The molecule has 5 nitrogen and oxygen atoms in total. The molecule has 0 aliphatic heterocycles. The first-order chi connectivity index (χ1) is 11.1. The highest BCUT2D eigenvalue weighted by molar-refractivity contribution is 5.94. The van der Waals surface area contributed by atoms with Gasteiger partial charge in [0.05, 0.1) is 17.5 Å². The lowest BCUT2D eigenvalue weighted by atomic mass is 9.85. The van der Waals surface area contributed by atoms with Crippen LogP contribution in [-0.2, 0) is 0 Å². The number of aliphatic hydroxyl groups is 1. The molecule has 1 fully saturated rings. The second-order valence-electron chi connectivity index (χ2n) is 6.48. The molecule has 2 aromatic rings. The van der Waals surface area contributed by atoms with Crippen LogP contribution in [-0.4, -0.2) is 32.9 Å². The summed E-state index contributed by atoms with van der Waals surface area (Å²) in [6, 6.07) is 7.31. The van der Waals surface area contributed by atoms with Gasteiger partial charge >= 0.3 is 0 Å². The number of benzene rings is 1. The Labute approximate surface area is 136 Å². The molecule has 1 heterocycles. The van der Waals surface area contributed by atoms with Gasteiger partial charge in [0.25, 0.3) is 5.91 Å². The number of rotatable bonds is 4. The molecule has 2 N–H and O–H groups in total. The third kappa shape index (κ3) is 3.79. The molecule has 0 radical (unpaired) electrons. The minimum Gasteiger partial charge on any atom is -0.388 e. The van der Waals surface area contributed by atoms with E-state index in [9.17, 15) is 9.90 Å². The molecule has 0 atom stereocenters. The molecule has 3 rings (SSSR count). The van der Waals surface area contributed by atoms with E-state index in [4.69, 9.17) is 0 Å². The van der Waals surface area contributed by atoms with Gasteiger partial charge in [-0.2, -0.15) is 5.10 Å². The van der Waals surface area contributed by atoms with Crippen LogP contribution in [0.15, 0.2) is 36.7 Å². The van der Waals surface area contributed by atoms with Crippen LogP contribution in [0.4, 0.5) is 0 Å². The number of hydrogen-bond donors (Lipinski definition) is 2. The van der Waals surface area contributed by atoms with Gasteiger partial charge in [-0.05, 0) is 49.6 Å². The van der Waals surface area contributed by atoms with Crippen LogP contribution in [0.2, 0.25) is 0 Å². The van der Waals surface area contributed by atoms with Crippen LogP contribution < -0.4 is 5.32 Å². The second kappa shape index (κ2) is 6.54. The van der Waals surface area contributed by atoms with Gasteiger partial charge in [0.2, 0.25) is 0 Å². The molecular formula is C18H23N3O2. The second-order valence-corrected chi connectivity index (χ2v) is 6.48. The van der Waals surface area contributed by atoms with Crippen LogP contribution in [0.3, 0.4) is 0 Å². The summed E-state index contributed by atoms with van der Waals surface area (Å²) in [5.74, 6) is -0.146. The molecule has 0 bridgehead atoms. The zero-order valence-electron chi connectivity index (χ0n) is 13.5. The fourth-order valence-electron chi connectivity index (χ4n) is 3.05. The van der Waals surface area contributed by atoms with E-state index in [-0.39, 0.29) is 5.91 Å². The maximum Gasteiger partial charge on any atom is 0.251 e.